The molecule has 4 aliphatic rings. The molecule has 59 heavy (non-hydrogen) atoms. The lowest BCUT2D eigenvalue weighted by Gasteiger charge is -2.63. The molecule has 8 heteroatoms. The van der Waals surface area contributed by atoms with Crippen LogP contribution in [-0.4, -0.2) is 40.4 Å². The van der Waals surface area contributed by atoms with Crippen molar-refractivity contribution in [3.05, 3.63) is 80.9 Å². The molecule has 324 valence electrons. The smallest absolute Gasteiger partial charge is 0.341 e. The molecule has 0 heterocycles. The molecular formula is C51H70Cl2O6. The third-order valence-corrected chi connectivity index (χ3v) is 17.1. The molecule has 0 spiro atoms. The summed E-state index contributed by atoms with van der Waals surface area (Å²) < 4.78 is 21.3. The number of rotatable bonds is 15. The van der Waals surface area contributed by atoms with E-state index in [4.69, 9.17) is 55.3 Å². The zero-order valence-corrected chi connectivity index (χ0v) is 38.9. The molecule has 4 fully saturated rings. The van der Waals surface area contributed by atoms with Crippen LogP contribution in [0.15, 0.2) is 48.6 Å². The molecule has 0 radical (unpaired) electrons. The van der Waals surface area contributed by atoms with E-state index in [1.807, 2.05) is 24.3 Å². The highest BCUT2D eigenvalue weighted by Crippen LogP contribution is 2.70. The number of benzene rings is 2. The molecule has 6 rings (SSSR count). The minimum Gasteiger partial charge on any atom is -0.494 e. The summed E-state index contributed by atoms with van der Waals surface area (Å²) >= 11 is 13.5. The fourth-order valence-corrected chi connectivity index (χ4v) is 14.1. The molecule has 2 aromatic carbocycles. The van der Waals surface area contributed by atoms with Gasteiger partial charge in [0.2, 0.25) is 0 Å². The highest BCUT2D eigenvalue weighted by atomic mass is 35.5. The Labute approximate surface area is 365 Å². The number of fused-ring (bicyclic) bond motifs is 5. The Bertz CT molecular complexity index is 1830. The molecule has 4 aliphatic carbocycles. The van der Waals surface area contributed by atoms with E-state index in [2.05, 4.69) is 34.6 Å². The predicted octanol–water partition coefficient (Wildman–Crippen LogP) is 13.6. The summed E-state index contributed by atoms with van der Waals surface area (Å²) in [7, 11) is 5.73. The molecule has 0 aromatic heterocycles. The number of ether oxygens (including phenoxy) is 4. The fraction of sp³-hybridized carbons (Fsp3) is 0.647. The van der Waals surface area contributed by atoms with Crippen molar-refractivity contribution in [1.29, 1.82) is 0 Å². The second-order valence-corrected chi connectivity index (χ2v) is 20.6. The second kappa shape index (κ2) is 18.2. The van der Waals surface area contributed by atoms with E-state index in [0.717, 1.165) is 77.0 Å². The van der Waals surface area contributed by atoms with Crippen LogP contribution in [0.3, 0.4) is 0 Å². The lowest BCUT2D eigenvalue weighted by Crippen LogP contribution is -2.55. The van der Waals surface area contributed by atoms with Crippen LogP contribution < -0.4 is 9.47 Å². The van der Waals surface area contributed by atoms with E-state index in [-0.39, 0.29) is 5.41 Å². The molecule has 0 unspecified atom stereocenters. The van der Waals surface area contributed by atoms with Gasteiger partial charge in [0.15, 0.2) is 11.5 Å². The first-order valence-electron chi connectivity index (χ1n) is 22.2. The molecule has 4 saturated carbocycles. The molecule has 0 bridgehead atoms. The fourth-order valence-electron chi connectivity index (χ4n) is 13.5. The monoisotopic (exact) mass is 848 g/mol. The quantitative estimate of drug-likeness (QED) is 0.131. The number of esters is 2. The summed E-state index contributed by atoms with van der Waals surface area (Å²) in [5.41, 5.74) is 4.71. The minimum atomic E-state index is -0.504. The van der Waals surface area contributed by atoms with Gasteiger partial charge in [-0.05, 0) is 158 Å². The van der Waals surface area contributed by atoms with Crippen molar-refractivity contribution in [1.82, 2.24) is 0 Å². The Morgan fingerprint density at radius 3 is 1.76 bits per heavy atom. The van der Waals surface area contributed by atoms with Crippen molar-refractivity contribution in [3.63, 3.8) is 0 Å². The van der Waals surface area contributed by atoms with Gasteiger partial charge in [0.1, 0.15) is 11.1 Å². The van der Waals surface area contributed by atoms with Crippen LogP contribution in [-0.2, 0) is 22.3 Å². The number of hydrogen-bond donors (Lipinski definition) is 0. The van der Waals surface area contributed by atoms with Crippen molar-refractivity contribution in [2.45, 2.75) is 125 Å². The number of methoxy groups -OCH3 is 4. The lowest BCUT2D eigenvalue weighted by molar-refractivity contribution is -0.126. The van der Waals surface area contributed by atoms with Gasteiger partial charge >= 0.3 is 11.9 Å². The van der Waals surface area contributed by atoms with Crippen LogP contribution in [0.2, 0.25) is 10.0 Å². The first-order valence-corrected chi connectivity index (χ1v) is 23.0. The SMILES string of the molecule is C=C(Cc1cc(Cl)c(OC)c(C(=O)OC)c1)C1(C(=C)Cc2cc(Cl)c(OC)c(C(=O)OC)c2)CC[C@@]2(C)[C@@H](CC[C@@H]3[C@@H]2CC[C@]2(C)[C@@H]([C@H](C)CCCC(C)C)CC[C@@H]32)C1. The summed E-state index contributed by atoms with van der Waals surface area (Å²) in [5.74, 6) is 4.86. The molecule has 6 nitrogen and oxygen atoms in total. The van der Waals surface area contributed by atoms with Gasteiger partial charge in [-0.1, -0.05) is 101 Å². The maximum atomic E-state index is 12.9. The Morgan fingerprint density at radius 2 is 1.25 bits per heavy atom. The zero-order chi connectivity index (χ0) is 43.0. The van der Waals surface area contributed by atoms with E-state index < -0.39 is 17.4 Å². The predicted molar refractivity (Wildman–Crippen MR) is 240 cm³/mol. The van der Waals surface area contributed by atoms with E-state index in [1.165, 1.54) is 86.2 Å². The number of carbonyl (C=O) groups excluding carboxylic acids is 2. The highest BCUT2D eigenvalue weighted by Gasteiger charge is 2.62. The van der Waals surface area contributed by atoms with Crippen LogP contribution in [0, 0.1) is 57.7 Å². The van der Waals surface area contributed by atoms with Crippen molar-refractivity contribution in [3.8, 4) is 11.5 Å². The first-order chi connectivity index (χ1) is 28.0. The van der Waals surface area contributed by atoms with Crippen LogP contribution in [0.25, 0.3) is 0 Å². The topological polar surface area (TPSA) is 71.1 Å². The number of halogens is 2. The maximum Gasteiger partial charge on any atom is 0.341 e. The van der Waals surface area contributed by atoms with Crippen molar-refractivity contribution in [2.24, 2.45) is 57.7 Å². The standard InChI is InChI=1S/C51H70Cl2O6/c1-30(2)13-12-14-31(3)40-17-18-41-37-16-15-36-29-51(22-21-49(36,6)42(37)19-20-50(40,41)7,32(4)23-34-25-38(47(54)58-10)45(56-8)43(52)27-34)33(5)24-35-26-39(48(55)59-11)46(57-9)44(53)28-35/h25-28,30-31,36-37,40-42H,4-5,12-24,29H2,1-3,6-11H3/t31-,36+,37+,40-,41+,42+,49+,50-/m1/s1. The average molecular weight is 850 g/mol. The normalized spacial score (nSPS) is 28.8. The van der Waals surface area contributed by atoms with Crippen LogP contribution >= 0.6 is 23.2 Å². The van der Waals surface area contributed by atoms with E-state index >= 15 is 0 Å². The molecule has 0 saturated heterocycles. The summed E-state index contributed by atoms with van der Waals surface area (Å²) in [6.45, 7) is 22.3. The maximum absolute atomic E-state index is 12.9. The molecule has 2 aromatic rings. The Kier molecular flexibility index (Phi) is 14.0. The molecule has 0 N–H and O–H groups in total. The van der Waals surface area contributed by atoms with Gasteiger partial charge in [0.25, 0.3) is 0 Å². The van der Waals surface area contributed by atoms with Crippen molar-refractivity contribution in [2.75, 3.05) is 28.4 Å². The number of allylic oxidation sites excluding steroid dienone is 2. The lowest BCUT2D eigenvalue weighted by atomic mass is 9.41. The summed E-state index contributed by atoms with van der Waals surface area (Å²) in [5, 5.41) is 0.708. The van der Waals surface area contributed by atoms with Gasteiger partial charge in [-0.15, -0.1) is 0 Å². The van der Waals surface area contributed by atoms with Gasteiger partial charge in [-0.25, -0.2) is 9.59 Å². The van der Waals surface area contributed by atoms with Gasteiger partial charge in [0.05, 0.1) is 38.5 Å². The first kappa shape index (κ1) is 45.6. The second-order valence-electron chi connectivity index (χ2n) is 19.8. The van der Waals surface area contributed by atoms with Gasteiger partial charge in [0, 0.05) is 5.41 Å². The Balaban J connectivity index is 1.31. The minimum absolute atomic E-state index is 0.234. The van der Waals surface area contributed by atoms with Gasteiger partial charge < -0.3 is 18.9 Å². The highest BCUT2D eigenvalue weighted by molar-refractivity contribution is 6.33. The summed E-state index contributed by atoms with van der Waals surface area (Å²) in [6.07, 6.45) is 16.1. The average Bonchev–Trinajstić information content (AvgIpc) is 3.56. The Hall–Kier alpha value is -2.96. The van der Waals surface area contributed by atoms with Gasteiger partial charge in [-0.3, -0.25) is 0 Å². The third-order valence-electron chi connectivity index (χ3n) is 16.6. The van der Waals surface area contributed by atoms with Crippen LogP contribution in [0.4, 0.5) is 0 Å². The molecule has 0 aliphatic heterocycles. The third kappa shape index (κ3) is 8.49. The zero-order valence-electron chi connectivity index (χ0n) is 37.4. The van der Waals surface area contributed by atoms with E-state index in [9.17, 15) is 9.59 Å². The number of hydrogen-bond acceptors (Lipinski definition) is 6. The van der Waals surface area contributed by atoms with Crippen LogP contribution in [0.5, 0.6) is 11.5 Å². The van der Waals surface area contributed by atoms with Crippen LogP contribution in [0.1, 0.15) is 144 Å². The Morgan fingerprint density at radius 1 is 0.712 bits per heavy atom. The van der Waals surface area contributed by atoms with Crippen molar-refractivity contribution < 1.29 is 28.5 Å². The molecule has 0 amide bonds. The largest absolute Gasteiger partial charge is 0.494 e. The number of carbonyl (C=O) groups is 2. The molecule has 8 atom stereocenters. The molecular weight excluding hydrogens is 779 g/mol. The van der Waals surface area contributed by atoms with E-state index in [1.54, 1.807) is 0 Å². The van der Waals surface area contributed by atoms with E-state index in [0.29, 0.717) is 56.8 Å². The summed E-state index contributed by atoms with van der Waals surface area (Å²) in [6, 6.07) is 7.39. The van der Waals surface area contributed by atoms with Gasteiger partial charge in [-0.2, -0.15) is 0 Å². The van der Waals surface area contributed by atoms with Crippen molar-refractivity contribution >= 4 is 35.1 Å². The summed E-state index contributed by atoms with van der Waals surface area (Å²) in [4.78, 5) is 25.8.